The number of thioether (sulfide) groups is 1. The highest BCUT2D eigenvalue weighted by molar-refractivity contribution is 7.98. The Morgan fingerprint density at radius 2 is 1.69 bits per heavy atom. The number of hydrogen-bond donors (Lipinski definition) is 1. The highest BCUT2D eigenvalue weighted by atomic mass is 32.2. The fourth-order valence-corrected chi connectivity index (χ4v) is 4.92. The summed E-state index contributed by atoms with van der Waals surface area (Å²) in [7, 11) is 0. The van der Waals surface area contributed by atoms with Crippen LogP contribution in [0, 0.1) is 6.92 Å². The third-order valence-corrected chi connectivity index (χ3v) is 6.24. The fraction of sp³-hybridized carbons (Fsp3) is 0.261. The number of pyridine rings is 1. The van der Waals surface area contributed by atoms with Crippen LogP contribution in [0.25, 0.3) is 11.1 Å². The van der Waals surface area contributed by atoms with Crippen molar-refractivity contribution in [1.82, 2.24) is 4.98 Å². The van der Waals surface area contributed by atoms with E-state index in [1.54, 1.807) is 17.8 Å². The minimum absolute atomic E-state index is 0.0281. The van der Waals surface area contributed by atoms with Crippen molar-refractivity contribution in [3.63, 3.8) is 0 Å². The van der Waals surface area contributed by atoms with Crippen molar-refractivity contribution in [2.45, 2.75) is 43.4 Å². The van der Waals surface area contributed by atoms with Gasteiger partial charge in [0.25, 0.3) is 0 Å². The molecule has 0 saturated heterocycles. The van der Waals surface area contributed by atoms with Crippen molar-refractivity contribution in [2.24, 2.45) is 0 Å². The van der Waals surface area contributed by atoms with Crippen molar-refractivity contribution >= 4 is 11.8 Å². The molecule has 0 aliphatic heterocycles. The second-order valence-electron chi connectivity index (χ2n) is 6.93. The summed E-state index contributed by atoms with van der Waals surface area (Å²) in [5.74, 6) is 0.858. The van der Waals surface area contributed by atoms with Gasteiger partial charge in [-0.3, -0.25) is 4.79 Å². The fourth-order valence-electron chi connectivity index (χ4n) is 3.79. The number of nitrogens with one attached hydrogen (secondary N) is 1. The van der Waals surface area contributed by atoms with Crippen LogP contribution in [0.5, 0.6) is 0 Å². The topological polar surface area (TPSA) is 32.9 Å². The molecule has 0 bridgehead atoms. The SMILES string of the molecule is Cc1ccccc1-c1ccccc1CSc1[nH]c(=O)cc2c1CCCC2. The van der Waals surface area contributed by atoms with Gasteiger partial charge in [-0.05, 0) is 66.0 Å². The maximum Gasteiger partial charge on any atom is 0.249 e. The Morgan fingerprint density at radius 1 is 0.962 bits per heavy atom. The van der Waals surface area contributed by atoms with Crippen LogP contribution in [-0.2, 0) is 18.6 Å². The smallest absolute Gasteiger partial charge is 0.249 e. The number of fused-ring (bicyclic) bond motifs is 1. The molecule has 0 fully saturated rings. The second kappa shape index (κ2) is 7.55. The average molecular weight is 362 g/mol. The molecule has 4 rings (SSSR count). The lowest BCUT2D eigenvalue weighted by Crippen LogP contribution is -2.14. The number of aromatic nitrogens is 1. The molecule has 1 aliphatic carbocycles. The van der Waals surface area contributed by atoms with Gasteiger partial charge in [-0.2, -0.15) is 0 Å². The molecule has 3 aromatic rings. The van der Waals surface area contributed by atoms with E-state index in [0.29, 0.717) is 0 Å². The molecule has 0 unspecified atom stereocenters. The Morgan fingerprint density at radius 3 is 2.54 bits per heavy atom. The molecule has 3 heteroatoms. The number of hydrogen-bond acceptors (Lipinski definition) is 2. The summed E-state index contributed by atoms with van der Waals surface area (Å²) in [5.41, 5.74) is 7.79. The molecule has 0 atom stereocenters. The summed E-state index contributed by atoms with van der Waals surface area (Å²) in [4.78, 5) is 15.1. The average Bonchev–Trinajstić information content (AvgIpc) is 2.67. The molecule has 1 N–H and O–H groups in total. The molecular weight excluding hydrogens is 338 g/mol. The standard InChI is InChI=1S/C23H23NOS/c1-16-8-2-5-11-19(16)20-12-6-4-10-18(20)15-26-23-21-13-7-3-9-17(21)14-22(25)24-23/h2,4-6,8,10-12,14H,3,7,9,13,15H2,1H3,(H,24,25). The van der Waals surface area contributed by atoms with Gasteiger partial charge in [0.05, 0.1) is 5.03 Å². The van der Waals surface area contributed by atoms with Crippen molar-refractivity contribution in [1.29, 1.82) is 0 Å². The predicted octanol–water partition coefficient (Wildman–Crippen LogP) is 5.52. The van der Waals surface area contributed by atoms with Gasteiger partial charge in [-0.15, -0.1) is 11.8 Å². The lowest BCUT2D eigenvalue weighted by atomic mass is 9.93. The van der Waals surface area contributed by atoms with Crippen molar-refractivity contribution in [3.8, 4) is 11.1 Å². The van der Waals surface area contributed by atoms with Crippen molar-refractivity contribution in [3.05, 3.63) is 87.2 Å². The number of rotatable bonds is 4. The van der Waals surface area contributed by atoms with Gasteiger partial charge in [0.2, 0.25) is 5.56 Å². The summed E-state index contributed by atoms with van der Waals surface area (Å²) in [6, 6.07) is 18.9. The Bertz CT molecular complexity index is 989. The van der Waals surface area contributed by atoms with Gasteiger partial charge in [0.15, 0.2) is 0 Å². The van der Waals surface area contributed by atoms with Crippen LogP contribution in [-0.4, -0.2) is 4.98 Å². The molecule has 0 saturated carbocycles. The van der Waals surface area contributed by atoms with E-state index in [9.17, 15) is 4.79 Å². The molecule has 0 amide bonds. The maximum absolute atomic E-state index is 12.0. The predicted molar refractivity (Wildman–Crippen MR) is 110 cm³/mol. The van der Waals surface area contributed by atoms with Crippen LogP contribution >= 0.6 is 11.8 Å². The van der Waals surface area contributed by atoms with Gasteiger partial charge >= 0.3 is 0 Å². The molecule has 0 radical (unpaired) electrons. The molecular formula is C23H23NOS. The zero-order chi connectivity index (χ0) is 17.9. The first kappa shape index (κ1) is 17.2. The van der Waals surface area contributed by atoms with E-state index in [1.165, 1.54) is 46.2 Å². The number of aryl methyl sites for hydroxylation is 2. The number of benzene rings is 2. The Balaban J connectivity index is 1.65. The quantitative estimate of drug-likeness (QED) is 0.621. The first-order chi connectivity index (χ1) is 12.7. The lowest BCUT2D eigenvalue weighted by molar-refractivity contribution is 0.665. The molecule has 2 nitrogen and oxygen atoms in total. The van der Waals surface area contributed by atoms with Crippen molar-refractivity contribution in [2.75, 3.05) is 0 Å². The zero-order valence-electron chi connectivity index (χ0n) is 15.0. The van der Waals surface area contributed by atoms with Crippen LogP contribution in [0.2, 0.25) is 0 Å². The van der Waals surface area contributed by atoms with Gasteiger partial charge in [-0.1, -0.05) is 48.5 Å². The number of aromatic amines is 1. The summed E-state index contributed by atoms with van der Waals surface area (Å²) in [5, 5.41) is 1.06. The normalized spacial score (nSPS) is 13.4. The van der Waals surface area contributed by atoms with Crippen LogP contribution in [0.1, 0.15) is 35.1 Å². The monoisotopic (exact) mass is 361 g/mol. The first-order valence-corrected chi connectivity index (χ1v) is 10.2. The van der Waals surface area contributed by atoms with E-state index in [2.05, 4.69) is 60.4 Å². The third kappa shape index (κ3) is 3.49. The maximum atomic E-state index is 12.0. The van der Waals surface area contributed by atoms with E-state index in [1.807, 2.05) is 0 Å². The van der Waals surface area contributed by atoms with Crippen LogP contribution in [0.3, 0.4) is 0 Å². The molecule has 26 heavy (non-hydrogen) atoms. The molecule has 1 aliphatic rings. The van der Waals surface area contributed by atoms with E-state index in [-0.39, 0.29) is 5.56 Å². The van der Waals surface area contributed by atoms with Crippen LogP contribution in [0.4, 0.5) is 0 Å². The van der Waals surface area contributed by atoms with E-state index < -0.39 is 0 Å². The zero-order valence-corrected chi connectivity index (χ0v) is 15.9. The van der Waals surface area contributed by atoms with Crippen molar-refractivity contribution < 1.29 is 0 Å². The highest BCUT2D eigenvalue weighted by Crippen LogP contribution is 2.34. The number of H-pyrrole nitrogens is 1. The Labute approximate surface area is 158 Å². The molecule has 132 valence electrons. The molecule has 1 aromatic heterocycles. The minimum atomic E-state index is 0.0281. The largest absolute Gasteiger partial charge is 0.317 e. The molecule has 2 aromatic carbocycles. The van der Waals surface area contributed by atoms with Gasteiger partial charge in [-0.25, -0.2) is 0 Å². The lowest BCUT2D eigenvalue weighted by Gasteiger charge is -2.19. The summed E-state index contributed by atoms with van der Waals surface area (Å²) in [6.07, 6.45) is 4.52. The first-order valence-electron chi connectivity index (χ1n) is 9.24. The van der Waals surface area contributed by atoms with Gasteiger partial charge in [0, 0.05) is 11.8 Å². The second-order valence-corrected chi connectivity index (χ2v) is 7.92. The minimum Gasteiger partial charge on any atom is -0.317 e. The van der Waals surface area contributed by atoms with Gasteiger partial charge < -0.3 is 4.98 Å². The third-order valence-electron chi connectivity index (χ3n) is 5.15. The van der Waals surface area contributed by atoms with E-state index >= 15 is 0 Å². The Hall–Kier alpha value is -2.26. The summed E-state index contributed by atoms with van der Waals surface area (Å²) in [6.45, 7) is 2.16. The molecule has 0 spiro atoms. The van der Waals surface area contributed by atoms with E-state index in [0.717, 1.165) is 23.6 Å². The Kier molecular flexibility index (Phi) is 4.98. The highest BCUT2D eigenvalue weighted by Gasteiger charge is 2.16. The van der Waals surface area contributed by atoms with Gasteiger partial charge in [0.1, 0.15) is 0 Å². The van der Waals surface area contributed by atoms with Crippen LogP contribution in [0.15, 0.2) is 64.4 Å². The van der Waals surface area contributed by atoms with E-state index in [4.69, 9.17) is 0 Å². The summed E-state index contributed by atoms with van der Waals surface area (Å²) >= 11 is 1.76. The summed E-state index contributed by atoms with van der Waals surface area (Å²) < 4.78 is 0. The van der Waals surface area contributed by atoms with Crippen LogP contribution < -0.4 is 5.56 Å². The molecule has 1 heterocycles.